The smallest absolute Gasteiger partial charge is 0.322 e. The number of rotatable bonds is 5. The van der Waals surface area contributed by atoms with Gasteiger partial charge in [0.2, 0.25) is 0 Å². The first-order valence-corrected chi connectivity index (χ1v) is 8.28. The van der Waals surface area contributed by atoms with Gasteiger partial charge >= 0.3 is 6.03 Å². The average Bonchev–Trinajstić information content (AvgIpc) is 3.10. The Kier molecular flexibility index (Phi) is 5.61. The van der Waals surface area contributed by atoms with Gasteiger partial charge in [-0.25, -0.2) is 9.78 Å². The van der Waals surface area contributed by atoms with Gasteiger partial charge in [-0.1, -0.05) is 17.7 Å². The van der Waals surface area contributed by atoms with E-state index in [2.05, 4.69) is 15.3 Å². The third kappa shape index (κ3) is 4.43. The van der Waals surface area contributed by atoms with Gasteiger partial charge in [0, 0.05) is 25.5 Å². The fourth-order valence-corrected chi connectivity index (χ4v) is 2.78. The third-order valence-electron chi connectivity index (χ3n) is 3.81. The SMILES string of the molecule is O=C(Nc1cccnc1Cl)N(Cc1ccccn1)CC1CCCO1. The molecule has 0 saturated carbocycles. The van der Waals surface area contributed by atoms with Crippen LogP contribution < -0.4 is 5.32 Å². The molecule has 1 aliphatic heterocycles. The number of nitrogens with zero attached hydrogens (tertiary/aromatic N) is 3. The Morgan fingerprint density at radius 1 is 1.29 bits per heavy atom. The molecule has 126 valence electrons. The summed E-state index contributed by atoms with van der Waals surface area (Å²) in [6, 6.07) is 8.85. The van der Waals surface area contributed by atoms with Crippen LogP contribution in [0.3, 0.4) is 0 Å². The van der Waals surface area contributed by atoms with Gasteiger partial charge in [0.25, 0.3) is 0 Å². The summed E-state index contributed by atoms with van der Waals surface area (Å²) in [4.78, 5) is 22.7. The highest BCUT2D eigenvalue weighted by Gasteiger charge is 2.23. The standard InChI is InChI=1S/C17H19ClN4O2/c18-16-15(7-3-9-20-16)21-17(23)22(12-14-6-4-10-24-14)11-13-5-1-2-8-19-13/h1-3,5,7-9,14H,4,6,10-12H2,(H,21,23). The van der Waals surface area contributed by atoms with Crippen LogP contribution in [0.5, 0.6) is 0 Å². The zero-order valence-corrected chi connectivity index (χ0v) is 13.9. The van der Waals surface area contributed by atoms with Gasteiger partial charge in [-0.3, -0.25) is 4.98 Å². The van der Waals surface area contributed by atoms with E-state index in [1.165, 1.54) is 0 Å². The third-order valence-corrected chi connectivity index (χ3v) is 4.12. The van der Waals surface area contributed by atoms with Gasteiger partial charge in [-0.05, 0) is 37.1 Å². The number of pyridine rings is 2. The molecule has 0 aliphatic carbocycles. The molecule has 1 atom stereocenters. The molecule has 2 aromatic rings. The molecular weight excluding hydrogens is 328 g/mol. The van der Waals surface area contributed by atoms with Crippen molar-refractivity contribution in [3.63, 3.8) is 0 Å². The van der Waals surface area contributed by atoms with Crippen LogP contribution >= 0.6 is 11.6 Å². The Balaban J connectivity index is 1.72. The van der Waals surface area contributed by atoms with Crippen LogP contribution in [0, 0.1) is 0 Å². The maximum Gasteiger partial charge on any atom is 0.322 e. The minimum absolute atomic E-state index is 0.0591. The van der Waals surface area contributed by atoms with Crippen LogP contribution in [0.25, 0.3) is 0 Å². The number of hydrogen-bond donors (Lipinski definition) is 1. The molecule has 1 aliphatic rings. The highest BCUT2D eigenvalue weighted by Crippen LogP contribution is 2.20. The molecule has 0 bridgehead atoms. The number of carbonyl (C=O) groups is 1. The maximum absolute atomic E-state index is 12.7. The Hall–Kier alpha value is -2.18. The summed E-state index contributed by atoms with van der Waals surface area (Å²) in [5.41, 5.74) is 1.31. The fourth-order valence-electron chi connectivity index (χ4n) is 2.61. The van der Waals surface area contributed by atoms with Crippen molar-refractivity contribution in [1.29, 1.82) is 0 Å². The van der Waals surface area contributed by atoms with Crippen molar-refractivity contribution in [2.45, 2.75) is 25.5 Å². The number of halogens is 1. The Labute approximate surface area is 145 Å². The van der Waals surface area contributed by atoms with Crippen molar-refractivity contribution in [2.75, 3.05) is 18.5 Å². The number of urea groups is 1. The molecule has 0 radical (unpaired) electrons. The number of aromatic nitrogens is 2. The highest BCUT2D eigenvalue weighted by molar-refractivity contribution is 6.32. The topological polar surface area (TPSA) is 67.4 Å². The van der Waals surface area contributed by atoms with E-state index in [1.807, 2.05) is 18.2 Å². The van der Waals surface area contributed by atoms with Crippen molar-refractivity contribution >= 4 is 23.3 Å². The van der Waals surface area contributed by atoms with Gasteiger partial charge in [0.05, 0.1) is 24.0 Å². The molecule has 24 heavy (non-hydrogen) atoms. The monoisotopic (exact) mass is 346 g/mol. The van der Waals surface area contributed by atoms with E-state index in [4.69, 9.17) is 16.3 Å². The predicted octanol–water partition coefficient (Wildman–Crippen LogP) is 3.34. The molecule has 2 amide bonds. The largest absolute Gasteiger partial charge is 0.376 e. The van der Waals surface area contributed by atoms with Crippen LogP contribution in [0.4, 0.5) is 10.5 Å². The van der Waals surface area contributed by atoms with Gasteiger partial charge in [-0.15, -0.1) is 0 Å². The molecule has 1 unspecified atom stereocenters. The van der Waals surface area contributed by atoms with Crippen LogP contribution in [0.2, 0.25) is 5.15 Å². The lowest BCUT2D eigenvalue weighted by molar-refractivity contribution is 0.0816. The molecule has 2 aromatic heterocycles. The van der Waals surface area contributed by atoms with Crippen molar-refractivity contribution in [3.8, 4) is 0 Å². The summed E-state index contributed by atoms with van der Waals surface area (Å²) >= 11 is 6.02. The van der Waals surface area contributed by atoms with Crippen LogP contribution in [-0.2, 0) is 11.3 Å². The second kappa shape index (κ2) is 8.08. The summed E-state index contributed by atoms with van der Waals surface area (Å²) in [7, 11) is 0. The van der Waals surface area contributed by atoms with Gasteiger partial charge < -0.3 is 15.0 Å². The first kappa shape index (κ1) is 16.7. The van der Waals surface area contributed by atoms with E-state index < -0.39 is 0 Å². The molecule has 3 heterocycles. The summed E-state index contributed by atoms with van der Waals surface area (Å²) < 4.78 is 5.66. The Morgan fingerprint density at radius 3 is 2.88 bits per heavy atom. The number of carbonyl (C=O) groups excluding carboxylic acids is 1. The van der Waals surface area contributed by atoms with Crippen molar-refractivity contribution in [1.82, 2.24) is 14.9 Å². The number of nitrogens with one attached hydrogen (secondary N) is 1. The second-order valence-corrected chi connectivity index (χ2v) is 5.97. The van der Waals surface area contributed by atoms with Gasteiger partial charge in [0.1, 0.15) is 0 Å². The van der Waals surface area contributed by atoms with Crippen LogP contribution in [-0.4, -0.2) is 40.2 Å². The zero-order chi connectivity index (χ0) is 16.8. The lowest BCUT2D eigenvalue weighted by atomic mass is 10.2. The molecule has 7 heteroatoms. The lowest BCUT2D eigenvalue weighted by Gasteiger charge is -2.25. The minimum atomic E-state index is -0.244. The number of hydrogen-bond acceptors (Lipinski definition) is 4. The van der Waals surface area contributed by atoms with E-state index in [1.54, 1.807) is 29.4 Å². The molecule has 3 rings (SSSR count). The van der Waals surface area contributed by atoms with E-state index in [0.717, 1.165) is 25.1 Å². The van der Waals surface area contributed by atoms with Crippen molar-refractivity contribution in [3.05, 3.63) is 53.6 Å². The quantitative estimate of drug-likeness (QED) is 0.843. The summed E-state index contributed by atoms with van der Waals surface area (Å²) in [5, 5.41) is 3.08. The molecule has 1 fully saturated rings. The minimum Gasteiger partial charge on any atom is -0.376 e. The lowest BCUT2D eigenvalue weighted by Crippen LogP contribution is -2.40. The first-order valence-electron chi connectivity index (χ1n) is 7.90. The molecule has 1 N–H and O–H groups in total. The van der Waals surface area contributed by atoms with E-state index in [-0.39, 0.29) is 17.3 Å². The summed E-state index contributed by atoms with van der Waals surface area (Å²) in [6.45, 7) is 1.67. The maximum atomic E-state index is 12.7. The van der Waals surface area contributed by atoms with E-state index >= 15 is 0 Å². The molecule has 0 aromatic carbocycles. The number of anilines is 1. The predicted molar refractivity (Wildman–Crippen MR) is 91.9 cm³/mol. The van der Waals surface area contributed by atoms with E-state index in [0.29, 0.717) is 18.8 Å². The Bertz CT molecular complexity index is 677. The zero-order valence-electron chi connectivity index (χ0n) is 13.2. The number of amides is 2. The summed E-state index contributed by atoms with van der Waals surface area (Å²) in [6.07, 6.45) is 5.34. The molecule has 0 spiro atoms. The molecule has 1 saturated heterocycles. The van der Waals surface area contributed by atoms with Crippen molar-refractivity contribution < 1.29 is 9.53 Å². The summed E-state index contributed by atoms with van der Waals surface area (Å²) in [5.74, 6) is 0. The van der Waals surface area contributed by atoms with Crippen molar-refractivity contribution in [2.24, 2.45) is 0 Å². The second-order valence-electron chi connectivity index (χ2n) is 5.61. The Morgan fingerprint density at radius 2 is 2.17 bits per heavy atom. The first-order chi connectivity index (χ1) is 11.7. The van der Waals surface area contributed by atoms with Gasteiger partial charge in [0.15, 0.2) is 5.15 Å². The van der Waals surface area contributed by atoms with Crippen LogP contribution in [0.1, 0.15) is 18.5 Å². The van der Waals surface area contributed by atoms with Gasteiger partial charge in [-0.2, -0.15) is 0 Å². The molecular formula is C17H19ClN4O2. The highest BCUT2D eigenvalue weighted by atomic mass is 35.5. The van der Waals surface area contributed by atoms with Crippen LogP contribution in [0.15, 0.2) is 42.7 Å². The average molecular weight is 347 g/mol. The number of ether oxygens (including phenoxy) is 1. The fraction of sp³-hybridized carbons (Fsp3) is 0.353. The molecule has 6 nitrogen and oxygen atoms in total. The van der Waals surface area contributed by atoms with E-state index in [9.17, 15) is 4.79 Å². The normalized spacial score (nSPS) is 16.8.